The van der Waals surface area contributed by atoms with E-state index in [1.54, 1.807) is 6.07 Å². The van der Waals surface area contributed by atoms with Gasteiger partial charge >= 0.3 is 0 Å². The molecular formula is C17H18FN3O3. The van der Waals surface area contributed by atoms with E-state index < -0.39 is 0 Å². The molecule has 1 aromatic carbocycles. The molecule has 1 N–H and O–H groups in total. The minimum atomic E-state index is -0.362. The van der Waals surface area contributed by atoms with Crippen molar-refractivity contribution in [3.63, 3.8) is 0 Å². The van der Waals surface area contributed by atoms with E-state index in [4.69, 9.17) is 4.74 Å². The monoisotopic (exact) mass is 331 g/mol. The van der Waals surface area contributed by atoms with Crippen molar-refractivity contribution in [2.45, 2.75) is 25.8 Å². The van der Waals surface area contributed by atoms with Gasteiger partial charge in [0.05, 0.1) is 12.2 Å². The van der Waals surface area contributed by atoms with Gasteiger partial charge in [0.1, 0.15) is 11.6 Å². The molecule has 1 aliphatic carbocycles. The molecule has 24 heavy (non-hydrogen) atoms. The van der Waals surface area contributed by atoms with Gasteiger partial charge in [-0.05, 0) is 49.1 Å². The second-order valence-electron chi connectivity index (χ2n) is 5.62. The summed E-state index contributed by atoms with van der Waals surface area (Å²) in [5, 5.41) is 7.01. The number of nitrogens with one attached hydrogen (secondary N) is 1. The number of ether oxygens (including phenoxy) is 1. The molecule has 0 fully saturated rings. The third-order valence-electron chi connectivity index (χ3n) is 3.85. The highest BCUT2D eigenvalue weighted by molar-refractivity contribution is 5.77. The summed E-state index contributed by atoms with van der Waals surface area (Å²) in [6.07, 6.45) is 2.84. The molecule has 1 amide bonds. The molecule has 126 valence electrons. The number of halogens is 1. The summed E-state index contributed by atoms with van der Waals surface area (Å²) in [6.45, 7) is 0.434. The number of rotatable bonds is 6. The first-order valence-electron chi connectivity index (χ1n) is 7.87. The predicted molar refractivity (Wildman–Crippen MR) is 85.4 cm³/mol. The molecule has 0 bridgehead atoms. The average Bonchev–Trinajstić information content (AvgIpc) is 3.01. The van der Waals surface area contributed by atoms with E-state index in [2.05, 4.69) is 10.4 Å². The Morgan fingerprint density at radius 1 is 1.29 bits per heavy atom. The van der Waals surface area contributed by atoms with Crippen LogP contribution in [-0.4, -0.2) is 28.8 Å². The van der Waals surface area contributed by atoms with Crippen LogP contribution in [0, 0.1) is 5.82 Å². The first-order valence-corrected chi connectivity index (χ1v) is 7.87. The van der Waals surface area contributed by atoms with Crippen LogP contribution in [0.4, 0.5) is 4.39 Å². The smallest absolute Gasteiger partial charge is 0.267 e. The van der Waals surface area contributed by atoms with Crippen LogP contribution in [-0.2, 0) is 24.2 Å². The predicted octanol–water partition coefficient (Wildman–Crippen LogP) is 1.07. The van der Waals surface area contributed by atoms with Crippen molar-refractivity contribution in [1.82, 2.24) is 15.1 Å². The Morgan fingerprint density at radius 3 is 2.88 bits per heavy atom. The van der Waals surface area contributed by atoms with Crippen molar-refractivity contribution in [1.29, 1.82) is 0 Å². The van der Waals surface area contributed by atoms with Gasteiger partial charge < -0.3 is 10.1 Å². The third-order valence-corrected chi connectivity index (χ3v) is 3.85. The SMILES string of the molecule is O=C(COc1ccc(F)cc1)NCCn1nc2c(cc1=O)CCC2. The van der Waals surface area contributed by atoms with Crippen LogP contribution in [0.2, 0.25) is 0 Å². The molecule has 0 saturated heterocycles. The Labute approximate surface area is 138 Å². The summed E-state index contributed by atoms with van der Waals surface area (Å²) in [4.78, 5) is 23.7. The maximum Gasteiger partial charge on any atom is 0.267 e. The molecule has 1 aromatic heterocycles. The largest absolute Gasteiger partial charge is 0.484 e. The first-order chi connectivity index (χ1) is 11.6. The molecule has 6 nitrogen and oxygen atoms in total. The summed E-state index contributed by atoms with van der Waals surface area (Å²) in [5.74, 6) is -0.254. The summed E-state index contributed by atoms with van der Waals surface area (Å²) in [7, 11) is 0. The number of aryl methyl sites for hydroxylation is 2. The lowest BCUT2D eigenvalue weighted by atomic mass is 10.2. The van der Waals surface area contributed by atoms with Gasteiger partial charge in [0.2, 0.25) is 0 Å². The normalized spacial score (nSPS) is 12.7. The van der Waals surface area contributed by atoms with Crippen molar-refractivity contribution in [2.75, 3.05) is 13.2 Å². The Morgan fingerprint density at radius 2 is 2.08 bits per heavy atom. The quantitative estimate of drug-likeness (QED) is 0.859. The molecule has 1 aliphatic rings. The Bertz CT molecular complexity index is 787. The summed E-state index contributed by atoms with van der Waals surface area (Å²) >= 11 is 0. The zero-order valence-electron chi connectivity index (χ0n) is 13.1. The van der Waals surface area contributed by atoms with Crippen LogP contribution in [0.15, 0.2) is 35.1 Å². The molecule has 0 saturated carbocycles. The van der Waals surface area contributed by atoms with E-state index in [0.717, 1.165) is 30.5 Å². The van der Waals surface area contributed by atoms with E-state index in [0.29, 0.717) is 12.3 Å². The summed E-state index contributed by atoms with van der Waals surface area (Å²) < 4.78 is 19.4. The average molecular weight is 331 g/mol. The number of nitrogens with zero attached hydrogens (tertiary/aromatic N) is 2. The van der Waals surface area contributed by atoms with Crippen LogP contribution >= 0.6 is 0 Å². The molecule has 1 heterocycles. The maximum atomic E-state index is 12.8. The van der Waals surface area contributed by atoms with Gasteiger partial charge in [0.25, 0.3) is 11.5 Å². The second-order valence-corrected chi connectivity index (χ2v) is 5.62. The van der Waals surface area contributed by atoms with Crippen molar-refractivity contribution in [3.8, 4) is 5.75 Å². The first kappa shape index (κ1) is 16.2. The van der Waals surface area contributed by atoms with E-state index >= 15 is 0 Å². The number of hydrogen-bond donors (Lipinski definition) is 1. The van der Waals surface area contributed by atoms with E-state index in [1.807, 2.05) is 0 Å². The molecule has 2 aromatic rings. The van der Waals surface area contributed by atoms with Gasteiger partial charge in [0, 0.05) is 12.6 Å². The highest BCUT2D eigenvalue weighted by Crippen LogP contribution is 2.16. The summed E-state index contributed by atoms with van der Waals surface area (Å²) in [5.41, 5.74) is 1.86. The van der Waals surface area contributed by atoms with Crippen molar-refractivity contribution in [3.05, 3.63) is 57.8 Å². The Kier molecular flexibility index (Phi) is 4.88. The third kappa shape index (κ3) is 3.98. The minimum Gasteiger partial charge on any atom is -0.484 e. The highest BCUT2D eigenvalue weighted by Gasteiger charge is 2.14. The van der Waals surface area contributed by atoms with Gasteiger partial charge in [-0.15, -0.1) is 0 Å². The maximum absolute atomic E-state index is 12.8. The fourth-order valence-corrected chi connectivity index (χ4v) is 2.63. The lowest BCUT2D eigenvalue weighted by Gasteiger charge is -2.09. The number of hydrogen-bond acceptors (Lipinski definition) is 4. The van der Waals surface area contributed by atoms with Crippen LogP contribution < -0.4 is 15.6 Å². The zero-order valence-corrected chi connectivity index (χ0v) is 13.1. The van der Waals surface area contributed by atoms with Crippen LogP contribution in [0.5, 0.6) is 5.75 Å². The van der Waals surface area contributed by atoms with E-state index in [1.165, 1.54) is 28.9 Å². The fourth-order valence-electron chi connectivity index (χ4n) is 2.63. The number of aromatic nitrogens is 2. The summed E-state index contributed by atoms with van der Waals surface area (Å²) in [6, 6.07) is 7.07. The molecule has 7 heteroatoms. The zero-order chi connectivity index (χ0) is 16.9. The molecule has 0 spiro atoms. The van der Waals surface area contributed by atoms with Crippen LogP contribution in [0.25, 0.3) is 0 Å². The molecular weight excluding hydrogens is 313 g/mol. The number of carbonyl (C=O) groups excluding carboxylic acids is 1. The molecule has 0 atom stereocenters. The number of carbonyl (C=O) groups is 1. The second kappa shape index (κ2) is 7.25. The highest BCUT2D eigenvalue weighted by atomic mass is 19.1. The topological polar surface area (TPSA) is 73.2 Å². The number of fused-ring (bicyclic) bond motifs is 1. The number of benzene rings is 1. The fraction of sp³-hybridized carbons (Fsp3) is 0.353. The van der Waals surface area contributed by atoms with Crippen molar-refractivity contribution >= 4 is 5.91 Å². The van der Waals surface area contributed by atoms with Gasteiger partial charge in [-0.3, -0.25) is 9.59 Å². The van der Waals surface area contributed by atoms with E-state index in [-0.39, 0.29) is 30.4 Å². The van der Waals surface area contributed by atoms with Crippen molar-refractivity contribution in [2.24, 2.45) is 0 Å². The number of amides is 1. The van der Waals surface area contributed by atoms with Crippen molar-refractivity contribution < 1.29 is 13.9 Å². The van der Waals surface area contributed by atoms with Gasteiger partial charge in [-0.25, -0.2) is 9.07 Å². The molecule has 3 rings (SSSR count). The molecule has 0 radical (unpaired) electrons. The Balaban J connectivity index is 1.45. The Hall–Kier alpha value is -2.70. The van der Waals surface area contributed by atoms with E-state index in [9.17, 15) is 14.0 Å². The van der Waals surface area contributed by atoms with Gasteiger partial charge in [-0.1, -0.05) is 0 Å². The standard InChI is InChI=1S/C17H18FN3O3/c18-13-4-6-14(7-5-13)24-11-16(22)19-8-9-21-17(23)10-12-2-1-3-15(12)20-21/h4-7,10H,1-3,8-9,11H2,(H,19,22). The minimum absolute atomic E-state index is 0.146. The van der Waals surface area contributed by atoms with Gasteiger partial charge in [-0.2, -0.15) is 5.10 Å². The van der Waals surface area contributed by atoms with Crippen LogP contribution in [0.3, 0.4) is 0 Å². The van der Waals surface area contributed by atoms with Crippen LogP contribution in [0.1, 0.15) is 17.7 Å². The molecule has 0 unspecified atom stereocenters. The molecule has 0 aliphatic heterocycles. The van der Waals surface area contributed by atoms with Gasteiger partial charge in [0.15, 0.2) is 6.61 Å². The lowest BCUT2D eigenvalue weighted by Crippen LogP contribution is -2.34. The lowest BCUT2D eigenvalue weighted by molar-refractivity contribution is -0.123.